The maximum absolute atomic E-state index is 12.9. The van der Waals surface area contributed by atoms with Crippen LogP contribution in [0.25, 0.3) is 0 Å². The van der Waals surface area contributed by atoms with Crippen LogP contribution in [0.2, 0.25) is 0 Å². The minimum Gasteiger partial charge on any atom is -0.311 e. The summed E-state index contributed by atoms with van der Waals surface area (Å²) in [5.74, 6) is 0.790. The second-order valence-electron chi connectivity index (χ2n) is 5.84. The lowest BCUT2D eigenvalue weighted by molar-refractivity contribution is 0.0983. The van der Waals surface area contributed by atoms with E-state index in [0.29, 0.717) is 17.5 Å². The number of amides is 1. The summed E-state index contributed by atoms with van der Waals surface area (Å²) >= 11 is 1.60. The zero-order valence-corrected chi connectivity index (χ0v) is 14.4. The van der Waals surface area contributed by atoms with Gasteiger partial charge in [0.2, 0.25) is 0 Å². The highest BCUT2D eigenvalue weighted by Crippen LogP contribution is 2.34. The molecule has 1 amide bonds. The molecular weight excluding hydrogens is 306 g/mol. The molecule has 0 bridgehead atoms. The van der Waals surface area contributed by atoms with Crippen molar-refractivity contribution in [1.29, 1.82) is 0 Å². The van der Waals surface area contributed by atoms with E-state index >= 15 is 0 Å². The predicted octanol–water partition coefficient (Wildman–Crippen LogP) is 4.26. The maximum Gasteiger partial charge on any atom is 0.259 e. The molecule has 2 aromatic rings. The van der Waals surface area contributed by atoms with Crippen LogP contribution in [-0.2, 0) is 0 Å². The van der Waals surface area contributed by atoms with Gasteiger partial charge in [0.15, 0.2) is 5.78 Å². The Morgan fingerprint density at radius 1 is 1.13 bits per heavy atom. The molecule has 0 aliphatic carbocycles. The predicted molar refractivity (Wildman–Crippen MR) is 94.8 cm³/mol. The lowest BCUT2D eigenvalue weighted by atomic mass is 10.0. The lowest BCUT2D eigenvalue weighted by Crippen LogP contribution is -2.27. The van der Waals surface area contributed by atoms with Crippen molar-refractivity contribution in [1.82, 2.24) is 0 Å². The van der Waals surface area contributed by atoms with Gasteiger partial charge in [0.05, 0.1) is 5.56 Å². The summed E-state index contributed by atoms with van der Waals surface area (Å²) in [4.78, 5) is 27.4. The molecule has 0 radical (unpaired) electrons. The number of hydrogen-bond donors (Lipinski definition) is 0. The number of aryl methyl sites for hydroxylation is 2. The Morgan fingerprint density at radius 3 is 2.65 bits per heavy atom. The normalized spacial score (nSPS) is 13.6. The Labute approximate surface area is 140 Å². The fourth-order valence-corrected chi connectivity index (χ4v) is 3.83. The van der Waals surface area contributed by atoms with Crippen LogP contribution in [0.15, 0.2) is 41.3 Å². The molecule has 0 saturated heterocycles. The van der Waals surface area contributed by atoms with Crippen molar-refractivity contribution < 1.29 is 9.59 Å². The molecule has 1 heterocycles. The van der Waals surface area contributed by atoms with Gasteiger partial charge in [-0.3, -0.25) is 9.59 Å². The second-order valence-corrected chi connectivity index (χ2v) is 6.94. The summed E-state index contributed by atoms with van der Waals surface area (Å²) in [5, 5.41) is 0. The molecule has 4 heteroatoms. The van der Waals surface area contributed by atoms with Crippen LogP contribution in [-0.4, -0.2) is 24.5 Å². The number of Topliss-reactive ketones (excluding diaryl/α,β-unsaturated/α-hetero) is 1. The van der Waals surface area contributed by atoms with Crippen LogP contribution in [0.1, 0.15) is 38.3 Å². The van der Waals surface area contributed by atoms with Gasteiger partial charge in [-0.05, 0) is 43.2 Å². The van der Waals surface area contributed by atoms with Crippen molar-refractivity contribution in [2.75, 3.05) is 17.7 Å². The minimum atomic E-state index is -0.0766. The Bertz CT molecular complexity index is 798. The van der Waals surface area contributed by atoms with Crippen LogP contribution in [0, 0.1) is 13.8 Å². The van der Waals surface area contributed by atoms with Crippen LogP contribution < -0.4 is 4.90 Å². The van der Waals surface area contributed by atoms with E-state index < -0.39 is 0 Å². The molecule has 0 saturated carbocycles. The van der Waals surface area contributed by atoms with E-state index in [1.54, 1.807) is 29.8 Å². The molecule has 3 nitrogen and oxygen atoms in total. The Kier molecular flexibility index (Phi) is 4.26. The second kappa shape index (κ2) is 6.20. The monoisotopic (exact) mass is 325 g/mol. The average Bonchev–Trinajstić information content (AvgIpc) is 2.56. The van der Waals surface area contributed by atoms with Crippen LogP contribution in [0.4, 0.5) is 5.69 Å². The van der Waals surface area contributed by atoms with Crippen molar-refractivity contribution in [3.8, 4) is 0 Å². The van der Waals surface area contributed by atoms with Gasteiger partial charge in [0.25, 0.3) is 5.91 Å². The number of carbonyl (C=O) groups excluding carboxylic acids is 2. The highest BCUT2D eigenvalue weighted by atomic mass is 32.2. The number of thioether (sulfide) groups is 1. The van der Waals surface area contributed by atoms with Gasteiger partial charge in [-0.1, -0.05) is 18.2 Å². The van der Waals surface area contributed by atoms with Crippen LogP contribution >= 0.6 is 11.8 Å². The van der Waals surface area contributed by atoms with Crippen molar-refractivity contribution in [2.24, 2.45) is 0 Å². The first-order chi connectivity index (χ1) is 11.0. The zero-order valence-electron chi connectivity index (χ0n) is 13.6. The maximum atomic E-state index is 12.9. The fourth-order valence-electron chi connectivity index (χ4n) is 2.69. The third-order valence-corrected chi connectivity index (χ3v) is 5.44. The van der Waals surface area contributed by atoms with E-state index in [4.69, 9.17) is 0 Å². The van der Waals surface area contributed by atoms with Crippen molar-refractivity contribution in [3.05, 3.63) is 58.7 Å². The smallest absolute Gasteiger partial charge is 0.259 e. The summed E-state index contributed by atoms with van der Waals surface area (Å²) in [6.45, 7) is 4.09. The molecule has 1 aliphatic rings. The first-order valence-corrected chi connectivity index (χ1v) is 8.62. The van der Waals surface area contributed by atoms with Gasteiger partial charge in [-0.15, -0.1) is 11.8 Å². The standard InChI is InChI=1S/C19H19NO2S/c1-12-7-8-14(11-13(12)2)20(3)19(22)16-6-4-5-15-17(21)9-10-23-18(15)16/h4-8,11H,9-10H2,1-3H3. The molecule has 1 aliphatic heterocycles. The number of fused-ring (bicyclic) bond motifs is 1. The van der Waals surface area contributed by atoms with E-state index in [9.17, 15) is 9.59 Å². The summed E-state index contributed by atoms with van der Waals surface area (Å²) in [6, 6.07) is 11.4. The van der Waals surface area contributed by atoms with E-state index in [1.807, 2.05) is 37.3 Å². The topological polar surface area (TPSA) is 37.4 Å². The quantitative estimate of drug-likeness (QED) is 0.828. The lowest BCUT2D eigenvalue weighted by Gasteiger charge is -2.22. The molecular formula is C19H19NO2S. The molecule has 0 fully saturated rings. The van der Waals surface area contributed by atoms with Crippen LogP contribution in [0.3, 0.4) is 0 Å². The van der Waals surface area contributed by atoms with E-state index in [1.165, 1.54) is 5.56 Å². The van der Waals surface area contributed by atoms with Gasteiger partial charge in [-0.2, -0.15) is 0 Å². The number of anilines is 1. The Hall–Kier alpha value is -2.07. The summed E-state index contributed by atoms with van der Waals surface area (Å²) < 4.78 is 0. The first-order valence-electron chi connectivity index (χ1n) is 7.63. The molecule has 3 rings (SSSR count). The zero-order chi connectivity index (χ0) is 16.6. The average molecular weight is 325 g/mol. The summed E-state index contributed by atoms with van der Waals surface area (Å²) in [5.41, 5.74) is 4.51. The summed E-state index contributed by atoms with van der Waals surface area (Å²) in [7, 11) is 1.78. The van der Waals surface area contributed by atoms with Gasteiger partial charge in [0.1, 0.15) is 0 Å². The van der Waals surface area contributed by atoms with Gasteiger partial charge in [-0.25, -0.2) is 0 Å². The highest BCUT2D eigenvalue weighted by molar-refractivity contribution is 7.99. The Morgan fingerprint density at radius 2 is 1.91 bits per heavy atom. The minimum absolute atomic E-state index is 0.0766. The molecule has 2 aromatic carbocycles. The first kappa shape index (κ1) is 15.8. The molecule has 0 unspecified atom stereocenters. The number of carbonyl (C=O) groups is 2. The number of ketones is 1. The van der Waals surface area contributed by atoms with Crippen LogP contribution in [0.5, 0.6) is 0 Å². The molecule has 0 N–H and O–H groups in total. The number of hydrogen-bond acceptors (Lipinski definition) is 3. The SMILES string of the molecule is Cc1ccc(N(C)C(=O)c2cccc3c2SCCC3=O)cc1C. The van der Waals surface area contributed by atoms with Gasteiger partial charge in [0, 0.05) is 35.4 Å². The molecule has 23 heavy (non-hydrogen) atoms. The van der Waals surface area contributed by atoms with Gasteiger partial charge >= 0.3 is 0 Å². The highest BCUT2D eigenvalue weighted by Gasteiger charge is 2.25. The van der Waals surface area contributed by atoms with Crippen molar-refractivity contribution in [3.63, 3.8) is 0 Å². The Balaban J connectivity index is 1.98. The van der Waals surface area contributed by atoms with E-state index in [-0.39, 0.29) is 11.7 Å². The number of rotatable bonds is 2. The summed E-state index contributed by atoms with van der Waals surface area (Å²) in [6.07, 6.45) is 0.544. The fraction of sp³-hybridized carbons (Fsp3) is 0.263. The van der Waals surface area contributed by atoms with E-state index in [0.717, 1.165) is 21.9 Å². The number of benzene rings is 2. The molecule has 0 aromatic heterocycles. The third-order valence-electron chi connectivity index (χ3n) is 4.30. The molecule has 0 atom stereocenters. The number of nitrogens with zero attached hydrogens (tertiary/aromatic N) is 1. The third kappa shape index (κ3) is 2.91. The largest absolute Gasteiger partial charge is 0.311 e. The van der Waals surface area contributed by atoms with Gasteiger partial charge < -0.3 is 4.90 Å². The molecule has 0 spiro atoms. The van der Waals surface area contributed by atoms with Crippen molar-refractivity contribution in [2.45, 2.75) is 25.2 Å². The van der Waals surface area contributed by atoms with Crippen molar-refractivity contribution >= 4 is 29.1 Å². The molecule has 118 valence electrons. The van der Waals surface area contributed by atoms with E-state index in [2.05, 4.69) is 6.92 Å².